The first-order chi connectivity index (χ1) is 19.5. The van der Waals surface area contributed by atoms with Crippen LogP contribution in [0.1, 0.15) is 47.7 Å². The lowest BCUT2D eigenvalue weighted by Gasteiger charge is -2.26. The number of ether oxygens (including phenoxy) is 4. The van der Waals surface area contributed by atoms with E-state index < -0.39 is 6.04 Å². The number of rotatable bonds is 11. The lowest BCUT2D eigenvalue weighted by molar-refractivity contribution is -0.122. The van der Waals surface area contributed by atoms with Gasteiger partial charge in [-0.15, -0.1) is 0 Å². The molecule has 8 nitrogen and oxygen atoms in total. The van der Waals surface area contributed by atoms with E-state index in [0.717, 1.165) is 29.7 Å². The number of unbranched alkanes of at least 4 members (excludes halogenated alkanes) is 1. The van der Waals surface area contributed by atoms with Crippen LogP contribution in [0.25, 0.3) is 0 Å². The molecule has 8 heteroatoms. The molecule has 0 N–H and O–H groups in total. The highest BCUT2D eigenvalue weighted by Gasteiger charge is 2.46. The van der Waals surface area contributed by atoms with E-state index in [-0.39, 0.29) is 17.9 Å². The number of fused-ring (bicyclic) bond motifs is 2. The van der Waals surface area contributed by atoms with Crippen LogP contribution in [0.3, 0.4) is 0 Å². The van der Waals surface area contributed by atoms with Gasteiger partial charge in [-0.1, -0.05) is 55.8 Å². The van der Waals surface area contributed by atoms with Gasteiger partial charge >= 0.3 is 0 Å². The maximum Gasteiger partial charge on any atom is 0.256 e. The second-order valence-electron chi connectivity index (χ2n) is 10.1. The molecule has 2 aliphatic rings. The molecule has 0 aliphatic carbocycles. The number of methoxy groups -OCH3 is 2. The van der Waals surface area contributed by atoms with Crippen molar-refractivity contribution in [1.29, 1.82) is 0 Å². The predicted octanol–water partition coefficient (Wildman–Crippen LogP) is 5.23. The molecular formula is C32H36N2O6. The molecule has 0 unspecified atom stereocenters. The molecule has 0 aromatic heterocycles. The summed E-state index contributed by atoms with van der Waals surface area (Å²) in [6, 6.07) is 20.4. The molecule has 5 rings (SSSR count). The predicted molar refractivity (Wildman–Crippen MR) is 152 cm³/mol. The Labute approximate surface area is 235 Å². The molecule has 210 valence electrons. The number of carbonyl (C=O) groups excluding carboxylic acids is 2. The molecule has 1 fully saturated rings. The number of hydrogen-bond donors (Lipinski definition) is 0. The van der Waals surface area contributed by atoms with Gasteiger partial charge in [-0.05, 0) is 35.7 Å². The molecule has 40 heavy (non-hydrogen) atoms. The lowest BCUT2D eigenvalue weighted by atomic mass is 10.1. The van der Waals surface area contributed by atoms with Crippen LogP contribution in [0.15, 0.2) is 66.7 Å². The van der Waals surface area contributed by atoms with Crippen LogP contribution in [0, 0.1) is 0 Å². The Bertz CT molecular complexity index is 1330. The summed E-state index contributed by atoms with van der Waals surface area (Å²) in [5, 5.41) is 0. The van der Waals surface area contributed by atoms with Gasteiger partial charge in [-0.25, -0.2) is 0 Å². The number of hydrogen-bond acceptors (Lipinski definition) is 6. The van der Waals surface area contributed by atoms with Gasteiger partial charge in [-0.3, -0.25) is 9.59 Å². The number of carbonyl (C=O) groups is 2. The molecule has 3 aromatic rings. The normalized spacial score (nSPS) is 18.3. The Morgan fingerprint density at radius 3 is 2.33 bits per heavy atom. The van der Waals surface area contributed by atoms with Crippen LogP contribution in [0.5, 0.6) is 17.2 Å². The summed E-state index contributed by atoms with van der Waals surface area (Å²) in [6.07, 6.45) is 1.94. The molecule has 0 bridgehead atoms. The van der Waals surface area contributed by atoms with Crippen molar-refractivity contribution < 1.29 is 28.5 Å². The zero-order valence-corrected chi connectivity index (χ0v) is 23.3. The number of nitrogens with zero attached hydrogens (tertiary/aromatic N) is 2. The summed E-state index contributed by atoms with van der Waals surface area (Å²) in [5.74, 6) is 1.45. The highest BCUT2D eigenvalue weighted by molar-refractivity contribution is 6.11. The van der Waals surface area contributed by atoms with E-state index in [0.29, 0.717) is 55.5 Å². The summed E-state index contributed by atoms with van der Waals surface area (Å²) in [4.78, 5) is 31.3. The number of anilines is 1. The molecular weight excluding hydrogens is 508 g/mol. The summed E-state index contributed by atoms with van der Waals surface area (Å²) >= 11 is 0. The van der Waals surface area contributed by atoms with Crippen LogP contribution in [-0.2, 0) is 22.7 Å². The summed E-state index contributed by atoms with van der Waals surface area (Å²) < 4.78 is 23.2. The molecule has 1 saturated heterocycles. The molecule has 0 spiro atoms. The largest absolute Gasteiger partial charge is 0.497 e. The Kier molecular flexibility index (Phi) is 8.55. The van der Waals surface area contributed by atoms with Gasteiger partial charge < -0.3 is 28.7 Å². The van der Waals surface area contributed by atoms with Crippen LogP contribution < -0.4 is 19.1 Å². The van der Waals surface area contributed by atoms with E-state index in [4.69, 9.17) is 18.9 Å². The quantitative estimate of drug-likeness (QED) is 0.329. The zero-order chi connectivity index (χ0) is 28.1. The Balaban J connectivity index is 1.40. The minimum absolute atomic E-state index is 0.0877. The van der Waals surface area contributed by atoms with Crippen molar-refractivity contribution in [2.24, 2.45) is 0 Å². The van der Waals surface area contributed by atoms with Crippen molar-refractivity contribution >= 4 is 17.5 Å². The fraction of sp³-hybridized carbons (Fsp3) is 0.375. The first-order valence-corrected chi connectivity index (χ1v) is 13.8. The van der Waals surface area contributed by atoms with Crippen LogP contribution in [0.4, 0.5) is 5.69 Å². The third kappa shape index (κ3) is 5.77. The zero-order valence-electron chi connectivity index (χ0n) is 23.3. The summed E-state index contributed by atoms with van der Waals surface area (Å²) in [5.41, 5.74) is 3.02. The van der Waals surface area contributed by atoms with Crippen molar-refractivity contribution in [3.63, 3.8) is 0 Å². The van der Waals surface area contributed by atoms with Gasteiger partial charge in [0.25, 0.3) is 5.91 Å². The van der Waals surface area contributed by atoms with Gasteiger partial charge in [0, 0.05) is 25.6 Å². The Hall–Kier alpha value is -4.04. The Morgan fingerprint density at radius 2 is 1.62 bits per heavy atom. The fourth-order valence-electron chi connectivity index (χ4n) is 5.26. The minimum Gasteiger partial charge on any atom is -0.497 e. The van der Waals surface area contributed by atoms with Gasteiger partial charge in [0.2, 0.25) is 5.91 Å². The van der Waals surface area contributed by atoms with Gasteiger partial charge in [0.05, 0.1) is 38.2 Å². The average Bonchev–Trinajstić information content (AvgIpc) is 3.41. The van der Waals surface area contributed by atoms with Crippen LogP contribution in [0.2, 0.25) is 0 Å². The van der Waals surface area contributed by atoms with Crippen LogP contribution in [-0.4, -0.2) is 56.2 Å². The maximum atomic E-state index is 14.0. The minimum atomic E-state index is -0.586. The fourth-order valence-corrected chi connectivity index (χ4v) is 5.26. The maximum absolute atomic E-state index is 14.0. The van der Waals surface area contributed by atoms with Gasteiger partial charge in [-0.2, -0.15) is 0 Å². The van der Waals surface area contributed by atoms with Crippen molar-refractivity contribution in [3.8, 4) is 17.2 Å². The van der Waals surface area contributed by atoms with E-state index in [2.05, 4.69) is 6.92 Å². The number of amides is 2. The van der Waals surface area contributed by atoms with E-state index in [1.165, 1.54) is 0 Å². The third-order valence-corrected chi connectivity index (χ3v) is 7.50. The first-order valence-electron chi connectivity index (χ1n) is 13.8. The molecule has 3 aromatic carbocycles. The first kappa shape index (κ1) is 27.5. The monoisotopic (exact) mass is 544 g/mol. The summed E-state index contributed by atoms with van der Waals surface area (Å²) in [7, 11) is 3.19. The van der Waals surface area contributed by atoms with E-state index in [1.807, 2.05) is 54.6 Å². The van der Waals surface area contributed by atoms with Gasteiger partial charge in [0.1, 0.15) is 18.4 Å². The Morgan fingerprint density at radius 1 is 0.875 bits per heavy atom. The molecule has 0 radical (unpaired) electrons. The molecule has 0 saturated carbocycles. The molecule has 2 aliphatic heterocycles. The standard InChI is InChI=1S/C32H36N2O6/c1-4-5-15-33-27-18-30(40-21-22-9-7-6-8-10-22)29(38-3)17-26(27)31(35)34-19-25(16-28(34)32(33)36)39-20-23-11-13-24(37-2)14-12-23/h6-14,17-18,25,28H,4-5,15-16,19-21H2,1-3H3/t25-,28+/m1/s1. The number of benzene rings is 3. The van der Waals surface area contributed by atoms with Gasteiger partial charge in [0.15, 0.2) is 11.5 Å². The third-order valence-electron chi connectivity index (χ3n) is 7.50. The van der Waals surface area contributed by atoms with E-state index in [1.54, 1.807) is 36.2 Å². The lowest BCUT2D eigenvalue weighted by Crippen LogP contribution is -2.45. The molecule has 2 amide bonds. The second kappa shape index (κ2) is 12.4. The van der Waals surface area contributed by atoms with Crippen LogP contribution >= 0.6 is 0 Å². The molecule has 2 heterocycles. The van der Waals surface area contributed by atoms with Crippen molar-refractivity contribution in [1.82, 2.24) is 4.90 Å². The van der Waals surface area contributed by atoms with Crippen molar-refractivity contribution in [3.05, 3.63) is 83.4 Å². The highest BCUT2D eigenvalue weighted by atomic mass is 16.5. The smallest absolute Gasteiger partial charge is 0.256 e. The van der Waals surface area contributed by atoms with E-state index >= 15 is 0 Å². The van der Waals surface area contributed by atoms with E-state index in [9.17, 15) is 9.59 Å². The van der Waals surface area contributed by atoms with Crippen molar-refractivity contribution in [2.45, 2.75) is 51.5 Å². The SMILES string of the molecule is CCCCN1C(=O)[C@@H]2C[C@@H](OCc3ccc(OC)cc3)CN2C(=O)c2cc(OC)c(OCc3ccccc3)cc21. The van der Waals surface area contributed by atoms with Crippen molar-refractivity contribution in [2.75, 3.05) is 32.2 Å². The average molecular weight is 545 g/mol. The topological polar surface area (TPSA) is 77.5 Å². The molecule has 2 atom stereocenters. The second-order valence-corrected chi connectivity index (χ2v) is 10.1. The summed E-state index contributed by atoms with van der Waals surface area (Å²) in [6.45, 7) is 3.68. The highest BCUT2D eigenvalue weighted by Crippen LogP contribution is 2.40.